The van der Waals surface area contributed by atoms with Gasteiger partial charge in [0.15, 0.2) is 0 Å². The first-order chi connectivity index (χ1) is 8.99. The molecule has 0 aromatic heterocycles. The molecule has 19 heavy (non-hydrogen) atoms. The van der Waals surface area contributed by atoms with Gasteiger partial charge in [0, 0.05) is 22.3 Å². The fourth-order valence-electron chi connectivity index (χ4n) is 2.95. The molecule has 2 nitrogen and oxygen atoms in total. The molecule has 0 unspecified atom stereocenters. The third-order valence-corrected chi connectivity index (χ3v) is 4.36. The van der Waals surface area contributed by atoms with Crippen LogP contribution in [0.1, 0.15) is 60.8 Å². The second-order valence-electron chi connectivity index (χ2n) is 5.83. The quantitative estimate of drug-likeness (QED) is 0.346. The molecule has 0 saturated heterocycles. The zero-order valence-corrected chi connectivity index (χ0v) is 16.3. The van der Waals surface area contributed by atoms with Gasteiger partial charge in [0.1, 0.15) is 0 Å². The van der Waals surface area contributed by atoms with Crippen LogP contribution in [0.2, 0.25) is 0 Å². The van der Waals surface area contributed by atoms with Crippen LogP contribution in [0.3, 0.4) is 0 Å². The van der Waals surface area contributed by atoms with Gasteiger partial charge < -0.3 is 0 Å². The third-order valence-electron chi connectivity index (χ3n) is 3.89. The van der Waals surface area contributed by atoms with Gasteiger partial charge in [-0.15, -0.1) is 5.70 Å². The molecule has 0 bridgehead atoms. The fraction of sp³-hybridized carbons (Fsp3) is 0.875. The monoisotopic (exact) mass is 284 g/mol. The average molecular weight is 285 g/mol. The summed E-state index contributed by atoms with van der Waals surface area (Å²) in [6, 6.07) is 1.24. The Labute approximate surface area is 124 Å². The van der Waals surface area contributed by atoms with Crippen LogP contribution in [0, 0.1) is 0 Å². The molecule has 0 heterocycles. The van der Waals surface area contributed by atoms with E-state index in [0.717, 1.165) is 13.1 Å². The predicted octanol–water partition coefficient (Wildman–Crippen LogP) is 2.82. The molecule has 0 atom stereocenters. The maximum atomic E-state index is 2.65. The van der Waals surface area contributed by atoms with E-state index < -0.39 is 0 Å². The van der Waals surface area contributed by atoms with Crippen LogP contribution < -0.4 is 0 Å². The van der Waals surface area contributed by atoms with Crippen LogP contribution in [-0.4, -0.2) is 51.4 Å². The summed E-state index contributed by atoms with van der Waals surface area (Å²) in [7, 11) is 1.19. The van der Waals surface area contributed by atoms with E-state index in [1.54, 1.807) is 0 Å². The standard InChI is InChI=1S/C16H36N2Si/c1-7-17(14(3)4)16(12-10-9-11-13-19)18(8-2)15(5)6/h11,13-16H,7-10,12H2,1-6,19H3. The van der Waals surface area contributed by atoms with Crippen molar-refractivity contribution in [3.63, 3.8) is 0 Å². The fourth-order valence-corrected chi connectivity index (χ4v) is 3.28. The van der Waals surface area contributed by atoms with Gasteiger partial charge in [-0.05, 0) is 60.0 Å². The van der Waals surface area contributed by atoms with Crippen molar-refractivity contribution >= 4 is 10.2 Å². The maximum Gasteiger partial charge on any atom is 0.0626 e. The van der Waals surface area contributed by atoms with Crippen LogP contribution in [0.4, 0.5) is 0 Å². The first-order valence-electron chi connectivity index (χ1n) is 8.12. The molecule has 0 aromatic carbocycles. The molecule has 0 aromatic rings. The topological polar surface area (TPSA) is 6.48 Å². The number of unbranched alkanes of at least 4 members (excludes halogenated alkanes) is 1. The second-order valence-corrected chi connectivity index (χ2v) is 6.50. The molecule has 0 aliphatic rings. The van der Waals surface area contributed by atoms with Crippen molar-refractivity contribution in [2.45, 2.75) is 79.1 Å². The Morgan fingerprint density at radius 3 is 1.74 bits per heavy atom. The summed E-state index contributed by atoms with van der Waals surface area (Å²) in [4.78, 5) is 5.29. The number of rotatable bonds is 10. The third kappa shape index (κ3) is 6.73. The molecule has 0 spiro atoms. The zero-order chi connectivity index (χ0) is 14.8. The minimum atomic E-state index is 0.595. The lowest BCUT2D eigenvalue weighted by atomic mass is 10.1. The maximum absolute atomic E-state index is 2.65. The van der Waals surface area contributed by atoms with Crippen molar-refractivity contribution in [2.75, 3.05) is 13.1 Å². The largest absolute Gasteiger partial charge is 0.286 e. The summed E-state index contributed by atoms with van der Waals surface area (Å²) in [5, 5.41) is 0. The van der Waals surface area contributed by atoms with Gasteiger partial charge in [0.2, 0.25) is 0 Å². The van der Waals surface area contributed by atoms with Crippen LogP contribution in [0.25, 0.3) is 0 Å². The first-order valence-corrected chi connectivity index (χ1v) is 9.27. The van der Waals surface area contributed by atoms with Crippen molar-refractivity contribution in [3.8, 4) is 0 Å². The molecule has 0 aliphatic carbocycles. The van der Waals surface area contributed by atoms with Gasteiger partial charge in [0.25, 0.3) is 0 Å². The average Bonchev–Trinajstić information content (AvgIpc) is 2.34. The summed E-state index contributed by atoms with van der Waals surface area (Å²) in [5.41, 5.74) is 2.30. The molecular formula is C16H36N2Si. The van der Waals surface area contributed by atoms with Crippen molar-refractivity contribution in [2.24, 2.45) is 0 Å². The number of hydrogen-bond donors (Lipinski definition) is 0. The molecule has 114 valence electrons. The van der Waals surface area contributed by atoms with E-state index in [0.29, 0.717) is 18.2 Å². The molecule has 0 aliphatic heterocycles. The van der Waals surface area contributed by atoms with Gasteiger partial charge in [-0.3, -0.25) is 9.80 Å². The summed E-state index contributed by atoms with van der Waals surface area (Å²) >= 11 is 0. The highest BCUT2D eigenvalue weighted by Crippen LogP contribution is 2.19. The lowest BCUT2D eigenvalue weighted by Gasteiger charge is -2.43. The summed E-state index contributed by atoms with van der Waals surface area (Å²) < 4.78 is 0. The number of nitrogens with zero attached hydrogens (tertiary/aromatic N) is 2. The van der Waals surface area contributed by atoms with Gasteiger partial charge in [-0.25, -0.2) is 0 Å². The first kappa shape index (κ1) is 18.9. The van der Waals surface area contributed by atoms with E-state index in [-0.39, 0.29) is 0 Å². The SMILES string of the molecule is CCN(C(C)C)C(CCCC=C[SiH3])N(CC)C(C)C. The Hall–Kier alpha value is -0.123. The molecule has 0 rings (SSSR count). The van der Waals surface area contributed by atoms with Crippen molar-refractivity contribution in [1.82, 2.24) is 9.80 Å². The summed E-state index contributed by atoms with van der Waals surface area (Å²) in [6.45, 7) is 16.1. The molecule has 0 saturated carbocycles. The Bertz CT molecular complexity index is 223. The van der Waals surface area contributed by atoms with E-state index in [1.165, 1.54) is 29.5 Å². The molecule has 0 fully saturated rings. The molecule has 0 amide bonds. The Morgan fingerprint density at radius 2 is 1.42 bits per heavy atom. The highest BCUT2D eigenvalue weighted by molar-refractivity contribution is 6.16. The van der Waals surface area contributed by atoms with Crippen LogP contribution in [0.15, 0.2) is 11.8 Å². The van der Waals surface area contributed by atoms with Crippen LogP contribution in [-0.2, 0) is 0 Å². The van der Waals surface area contributed by atoms with Gasteiger partial charge in [-0.2, -0.15) is 0 Å². The van der Waals surface area contributed by atoms with Crippen LogP contribution >= 0.6 is 0 Å². The van der Waals surface area contributed by atoms with Gasteiger partial charge >= 0.3 is 0 Å². The van der Waals surface area contributed by atoms with Gasteiger partial charge in [0.05, 0.1) is 6.17 Å². The molecule has 3 heteroatoms. The van der Waals surface area contributed by atoms with Gasteiger partial charge in [-0.1, -0.05) is 19.9 Å². The van der Waals surface area contributed by atoms with Crippen molar-refractivity contribution in [1.29, 1.82) is 0 Å². The Morgan fingerprint density at radius 1 is 0.947 bits per heavy atom. The van der Waals surface area contributed by atoms with E-state index in [1.807, 2.05) is 0 Å². The molecular weight excluding hydrogens is 248 g/mol. The summed E-state index contributed by atoms with van der Waals surface area (Å²) in [5.74, 6) is 0. The lowest BCUT2D eigenvalue weighted by molar-refractivity contribution is 0.00213. The lowest BCUT2D eigenvalue weighted by Crippen LogP contribution is -2.53. The highest BCUT2D eigenvalue weighted by Gasteiger charge is 2.26. The number of hydrogen-bond acceptors (Lipinski definition) is 2. The highest BCUT2D eigenvalue weighted by atomic mass is 28.1. The van der Waals surface area contributed by atoms with Crippen molar-refractivity contribution in [3.05, 3.63) is 11.8 Å². The minimum Gasteiger partial charge on any atom is -0.286 e. The smallest absolute Gasteiger partial charge is 0.0626 e. The summed E-state index contributed by atoms with van der Waals surface area (Å²) in [6.07, 6.45) is 6.77. The van der Waals surface area contributed by atoms with Crippen molar-refractivity contribution < 1.29 is 0 Å². The Kier molecular flexibility index (Phi) is 10.6. The minimum absolute atomic E-state index is 0.595. The van der Waals surface area contributed by atoms with E-state index >= 15 is 0 Å². The normalized spacial score (nSPS) is 13.2. The zero-order valence-electron chi connectivity index (χ0n) is 14.3. The predicted molar refractivity (Wildman–Crippen MR) is 91.8 cm³/mol. The second kappa shape index (κ2) is 10.6. The number of allylic oxidation sites excluding steroid dienone is 1. The molecule has 0 radical (unpaired) electrons. The van der Waals surface area contributed by atoms with E-state index in [4.69, 9.17) is 0 Å². The van der Waals surface area contributed by atoms with E-state index in [2.05, 4.69) is 63.1 Å². The van der Waals surface area contributed by atoms with E-state index in [9.17, 15) is 0 Å². The Balaban J connectivity index is 4.78. The molecule has 0 N–H and O–H groups in total. The van der Waals surface area contributed by atoms with Crippen LogP contribution in [0.5, 0.6) is 0 Å².